The third-order valence-electron chi connectivity index (χ3n) is 3.17. The van der Waals surface area contributed by atoms with Crippen LogP contribution in [0.4, 0.5) is 5.69 Å². The van der Waals surface area contributed by atoms with Crippen molar-refractivity contribution in [3.63, 3.8) is 0 Å². The van der Waals surface area contributed by atoms with Crippen LogP contribution in [0.15, 0.2) is 42.5 Å². The number of pyridine rings is 1. The van der Waals surface area contributed by atoms with Gasteiger partial charge in [-0.2, -0.15) is 0 Å². The molecule has 0 saturated carbocycles. The Labute approximate surface area is 115 Å². The summed E-state index contributed by atoms with van der Waals surface area (Å²) in [6.07, 6.45) is 0. The second-order valence-electron chi connectivity index (χ2n) is 4.68. The molecule has 3 nitrogen and oxygen atoms in total. The summed E-state index contributed by atoms with van der Waals surface area (Å²) >= 11 is 0. The average molecular weight is 255 g/mol. The number of aryl methyl sites for hydroxylation is 1. The molecule has 0 aliphatic carbocycles. The van der Waals surface area contributed by atoms with Crippen LogP contribution in [0.3, 0.4) is 0 Å². The van der Waals surface area contributed by atoms with Crippen LogP contribution in [0.25, 0.3) is 0 Å². The van der Waals surface area contributed by atoms with E-state index < -0.39 is 0 Å². The fraction of sp³-hybridized carbons (Fsp3) is 0.312. The number of hydrogen-bond donors (Lipinski definition) is 1. The SMILES string of the molecule is CCN(Cc1cccc(CN)n1)c1cccc(C)c1. The molecule has 1 aromatic heterocycles. The predicted octanol–water partition coefficient (Wildman–Crippen LogP) is 2.88. The molecule has 1 aromatic carbocycles. The molecule has 0 aliphatic heterocycles. The molecule has 2 N–H and O–H groups in total. The molecule has 0 aliphatic rings. The van der Waals surface area contributed by atoms with Gasteiger partial charge < -0.3 is 10.6 Å². The first-order valence-electron chi connectivity index (χ1n) is 6.69. The van der Waals surface area contributed by atoms with Gasteiger partial charge in [-0.15, -0.1) is 0 Å². The number of benzene rings is 1. The monoisotopic (exact) mass is 255 g/mol. The molecule has 0 fully saturated rings. The molecule has 0 amide bonds. The van der Waals surface area contributed by atoms with Gasteiger partial charge in [-0.1, -0.05) is 18.2 Å². The van der Waals surface area contributed by atoms with Crippen molar-refractivity contribution in [1.29, 1.82) is 0 Å². The maximum Gasteiger partial charge on any atom is 0.0602 e. The van der Waals surface area contributed by atoms with Crippen molar-refractivity contribution in [3.8, 4) is 0 Å². The number of aromatic nitrogens is 1. The zero-order valence-electron chi connectivity index (χ0n) is 11.6. The van der Waals surface area contributed by atoms with Gasteiger partial charge in [0.25, 0.3) is 0 Å². The first kappa shape index (κ1) is 13.6. The molecule has 19 heavy (non-hydrogen) atoms. The highest BCUT2D eigenvalue weighted by Crippen LogP contribution is 2.17. The summed E-state index contributed by atoms with van der Waals surface area (Å²) in [7, 11) is 0. The number of rotatable bonds is 5. The minimum Gasteiger partial charge on any atom is -0.366 e. The van der Waals surface area contributed by atoms with E-state index in [9.17, 15) is 0 Å². The number of nitrogens with zero attached hydrogens (tertiary/aromatic N) is 2. The van der Waals surface area contributed by atoms with E-state index in [-0.39, 0.29) is 0 Å². The van der Waals surface area contributed by atoms with E-state index in [1.165, 1.54) is 11.3 Å². The van der Waals surface area contributed by atoms with Crippen molar-refractivity contribution in [3.05, 3.63) is 59.4 Å². The Morgan fingerprint density at radius 1 is 1.11 bits per heavy atom. The maximum absolute atomic E-state index is 5.64. The lowest BCUT2D eigenvalue weighted by Gasteiger charge is -2.23. The predicted molar refractivity (Wildman–Crippen MR) is 80.0 cm³/mol. The molecule has 0 radical (unpaired) electrons. The van der Waals surface area contributed by atoms with Crippen LogP contribution in [0.5, 0.6) is 0 Å². The first-order chi connectivity index (χ1) is 9.22. The van der Waals surface area contributed by atoms with Gasteiger partial charge in [0, 0.05) is 18.8 Å². The molecule has 0 saturated heterocycles. The highest BCUT2D eigenvalue weighted by atomic mass is 15.1. The molecule has 3 heteroatoms. The Bertz CT molecular complexity index is 537. The molecular formula is C16H21N3. The van der Waals surface area contributed by atoms with Gasteiger partial charge in [-0.05, 0) is 43.7 Å². The molecule has 100 valence electrons. The van der Waals surface area contributed by atoms with E-state index in [1.807, 2.05) is 12.1 Å². The zero-order chi connectivity index (χ0) is 13.7. The van der Waals surface area contributed by atoms with Crippen molar-refractivity contribution >= 4 is 5.69 Å². The van der Waals surface area contributed by atoms with Gasteiger partial charge in [0.15, 0.2) is 0 Å². The van der Waals surface area contributed by atoms with Crippen molar-refractivity contribution < 1.29 is 0 Å². The number of anilines is 1. The van der Waals surface area contributed by atoms with Crippen LogP contribution >= 0.6 is 0 Å². The van der Waals surface area contributed by atoms with Crippen molar-refractivity contribution in [2.45, 2.75) is 26.9 Å². The molecule has 0 bridgehead atoms. The van der Waals surface area contributed by atoms with Crippen LogP contribution in [0, 0.1) is 6.92 Å². The van der Waals surface area contributed by atoms with E-state index in [2.05, 4.69) is 54.1 Å². The highest BCUT2D eigenvalue weighted by molar-refractivity contribution is 5.48. The second kappa shape index (κ2) is 6.34. The standard InChI is InChI=1S/C16H21N3/c1-3-19(16-9-4-6-13(2)10-16)12-15-8-5-7-14(11-17)18-15/h4-10H,3,11-12,17H2,1-2H3. The van der Waals surface area contributed by atoms with Crippen LogP contribution in [-0.2, 0) is 13.1 Å². The quantitative estimate of drug-likeness (QED) is 0.893. The lowest BCUT2D eigenvalue weighted by Crippen LogP contribution is -2.23. The summed E-state index contributed by atoms with van der Waals surface area (Å²) in [5, 5.41) is 0. The van der Waals surface area contributed by atoms with Crippen molar-refractivity contribution in [1.82, 2.24) is 4.98 Å². The molecule has 2 aromatic rings. The molecule has 2 rings (SSSR count). The van der Waals surface area contributed by atoms with E-state index in [4.69, 9.17) is 5.73 Å². The second-order valence-corrected chi connectivity index (χ2v) is 4.68. The minimum absolute atomic E-state index is 0.490. The largest absolute Gasteiger partial charge is 0.366 e. The van der Waals surface area contributed by atoms with Gasteiger partial charge >= 0.3 is 0 Å². The minimum atomic E-state index is 0.490. The molecular weight excluding hydrogens is 234 g/mol. The smallest absolute Gasteiger partial charge is 0.0602 e. The van der Waals surface area contributed by atoms with Crippen LogP contribution in [0.2, 0.25) is 0 Å². The van der Waals surface area contributed by atoms with Gasteiger partial charge in [-0.3, -0.25) is 4.98 Å². The fourth-order valence-electron chi connectivity index (χ4n) is 2.14. The third kappa shape index (κ3) is 3.55. The lowest BCUT2D eigenvalue weighted by molar-refractivity contribution is 0.798. The first-order valence-corrected chi connectivity index (χ1v) is 6.69. The summed E-state index contributed by atoms with van der Waals surface area (Å²) in [5.41, 5.74) is 10.2. The Kier molecular flexibility index (Phi) is 4.53. The molecule has 0 spiro atoms. The lowest BCUT2D eigenvalue weighted by atomic mass is 10.2. The van der Waals surface area contributed by atoms with Crippen LogP contribution < -0.4 is 10.6 Å². The molecule has 1 heterocycles. The summed E-state index contributed by atoms with van der Waals surface area (Å²) in [6.45, 7) is 6.54. The van der Waals surface area contributed by atoms with Gasteiger partial charge in [0.2, 0.25) is 0 Å². The van der Waals surface area contributed by atoms with E-state index in [0.29, 0.717) is 6.54 Å². The topological polar surface area (TPSA) is 42.1 Å². The normalized spacial score (nSPS) is 10.5. The zero-order valence-corrected chi connectivity index (χ0v) is 11.6. The third-order valence-corrected chi connectivity index (χ3v) is 3.17. The van der Waals surface area contributed by atoms with Crippen LogP contribution in [-0.4, -0.2) is 11.5 Å². The Morgan fingerprint density at radius 2 is 1.84 bits per heavy atom. The van der Waals surface area contributed by atoms with Gasteiger partial charge in [-0.25, -0.2) is 0 Å². The number of hydrogen-bond acceptors (Lipinski definition) is 3. The Morgan fingerprint density at radius 3 is 2.53 bits per heavy atom. The van der Waals surface area contributed by atoms with Gasteiger partial charge in [0.1, 0.15) is 0 Å². The maximum atomic E-state index is 5.64. The van der Waals surface area contributed by atoms with Crippen molar-refractivity contribution in [2.24, 2.45) is 5.73 Å². The summed E-state index contributed by atoms with van der Waals surface area (Å²) in [6, 6.07) is 14.6. The van der Waals surface area contributed by atoms with E-state index in [1.54, 1.807) is 0 Å². The molecule has 0 atom stereocenters. The number of nitrogens with two attached hydrogens (primary N) is 1. The summed E-state index contributed by atoms with van der Waals surface area (Å²) in [4.78, 5) is 6.88. The van der Waals surface area contributed by atoms with E-state index >= 15 is 0 Å². The van der Waals surface area contributed by atoms with Gasteiger partial charge in [0.05, 0.1) is 17.9 Å². The van der Waals surface area contributed by atoms with Crippen molar-refractivity contribution in [2.75, 3.05) is 11.4 Å². The Hall–Kier alpha value is -1.87. The highest BCUT2D eigenvalue weighted by Gasteiger charge is 2.06. The van der Waals surface area contributed by atoms with E-state index in [0.717, 1.165) is 24.5 Å². The fourth-order valence-corrected chi connectivity index (χ4v) is 2.14. The average Bonchev–Trinajstić information content (AvgIpc) is 2.45. The summed E-state index contributed by atoms with van der Waals surface area (Å²) < 4.78 is 0. The molecule has 0 unspecified atom stereocenters. The van der Waals surface area contributed by atoms with Crippen LogP contribution in [0.1, 0.15) is 23.9 Å². The summed E-state index contributed by atoms with van der Waals surface area (Å²) in [5.74, 6) is 0. The Balaban J connectivity index is 2.18.